The number of hydrogen-bond acceptors (Lipinski definition) is 6. The van der Waals surface area contributed by atoms with Crippen LogP contribution in [-0.2, 0) is 14.3 Å². The van der Waals surface area contributed by atoms with E-state index in [9.17, 15) is 19.5 Å². The lowest BCUT2D eigenvalue weighted by molar-refractivity contribution is -0.150. The Labute approximate surface area is 245 Å². The normalized spacial score (nSPS) is 21.9. The monoisotopic (exact) mass is 571 g/mol. The van der Waals surface area contributed by atoms with Crippen molar-refractivity contribution in [2.75, 3.05) is 13.2 Å². The molecule has 2 aliphatic rings. The van der Waals surface area contributed by atoms with Crippen molar-refractivity contribution in [3.05, 3.63) is 66.2 Å². The molecule has 0 saturated carbocycles. The van der Waals surface area contributed by atoms with Crippen LogP contribution in [0.1, 0.15) is 58.1 Å². The number of carboxylic acid groups (broad SMARTS) is 1. The number of hydrogen-bond donors (Lipinski definition) is 2. The maximum Gasteiger partial charge on any atom is 0.407 e. The van der Waals surface area contributed by atoms with E-state index >= 15 is 0 Å². The fourth-order valence-electron chi connectivity index (χ4n) is 5.44. The zero-order chi connectivity index (χ0) is 29.9. The lowest BCUT2D eigenvalue weighted by Gasteiger charge is -2.34. The first kappa shape index (κ1) is 29.0. The van der Waals surface area contributed by atoms with E-state index in [-0.39, 0.29) is 19.6 Å². The number of aliphatic carboxylic acids is 1. The molecule has 10 heteroatoms. The quantitative estimate of drug-likeness (QED) is 0.434. The highest BCUT2D eigenvalue weighted by molar-refractivity contribution is 5.90. The van der Waals surface area contributed by atoms with Crippen LogP contribution < -0.4 is 5.32 Å². The number of allylic oxidation sites excluding steroid dienone is 1. The molecule has 3 aromatic rings. The van der Waals surface area contributed by atoms with Gasteiger partial charge in [0.05, 0.1) is 12.6 Å². The Kier molecular flexibility index (Phi) is 8.42. The summed E-state index contributed by atoms with van der Waals surface area (Å²) >= 11 is 0. The van der Waals surface area contributed by atoms with Gasteiger partial charge in [-0.25, -0.2) is 9.59 Å². The molecule has 0 radical (unpaired) electrons. The Morgan fingerprint density at radius 3 is 2.43 bits per heavy atom. The third kappa shape index (κ3) is 6.37. The van der Waals surface area contributed by atoms with E-state index in [2.05, 4.69) is 23.5 Å². The molecule has 2 N–H and O–H groups in total. The van der Waals surface area contributed by atoms with Crippen molar-refractivity contribution >= 4 is 24.0 Å². The topological polar surface area (TPSA) is 127 Å². The number of aromatic nitrogens is 3. The minimum Gasteiger partial charge on any atom is -0.480 e. The second-order valence-electron chi connectivity index (χ2n) is 11.9. The van der Waals surface area contributed by atoms with Crippen LogP contribution in [0.4, 0.5) is 4.79 Å². The van der Waals surface area contributed by atoms with Crippen LogP contribution in [0.3, 0.4) is 0 Å². The molecule has 3 atom stereocenters. The molecule has 3 heterocycles. The van der Waals surface area contributed by atoms with Crippen molar-refractivity contribution in [3.63, 3.8) is 0 Å². The van der Waals surface area contributed by atoms with E-state index in [4.69, 9.17) is 14.9 Å². The van der Waals surface area contributed by atoms with Gasteiger partial charge in [0.2, 0.25) is 5.91 Å². The summed E-state index contributed by atoms with van der Waals surface area (Å²) in [5.74, 6) is -1.59. The van der Waals surface area contributed by atoms with Crippen LogP contribution in [0.5, 0.6) is 0 Å². The fourth-order valence-corrected chi connectivity index (χ4v) is 5.44. The van der Waals surface area contributed by atoms with Gasteiger partial charge in [-0.15, -0.1) is 0 Å². The number of ether oxygens (including phenoxy) is 1. The Balaban J connectivity index is 1.59. The lowest BCUT2D eigenvalue weighted by Crippen LogP contribution is -2.56. The average molecular weight is 572 g/mol. The number of nitrogens with one attached hydrogen (secondary N) is 1. The summed E-state index contributed by atoms with van der Waals surface area (Å²) in [6.45, 7) is 5.78. The summed E-state index contributed by atoms with van der Waals surface area (Å²) < 4.78 is 5.38. The summed E-state index contributed by atoms with van der Waals surface area (Å²) in [6.07, 6.45) is 5.91. The van der Waals surface area contributed by atoms with Gasteiger partial charge in [-0.1, -0.05) is 81.5 Å². The van der Waals surface area contributed by atoms with Crippen molar-refractivity contribution in [1.29, 1.82) is 0 Å². The van der Waals surface area contributed by atoms with Gasteiger partial charge in [0.15, 0.2) is 0 Å². The molecule has 42 heavy (non-hydrogen) atoms. The molecule has 2 aromatic carbocycles. The Bertz CT molecular complexity index is 1480. The molecule has 0 aliphatic carbocycles. The summed E-state index contributed by atoms with van der Waals surface area (Å²) in [4.78, 5) is 41.8. The molecule has 1 aromatic heterocycles. The van der Waals surface area contributed by atoms with Crippen molar-refractivity contribution in [2.24, 2.45) is 5.41 Å². The third-order valence-electron chi connectivity index (χ3n) is 7.69. The zero-order valence-corrected chi connectivity index (χ0v) is 24.2. The maximum atomic E-state index is 13.9. The highest BCUT2D eigenvalue weighted by atomic mass is 16.5. The van der Waals surface area contributed by atoms with Crippen LogP contribution in [0.2, 0.25) is 0 Å². The van der Waals surface area contributed by atoms with Gasteiger partial charge in [-0.05, 0) is 36.3 Å². The Morgan fingerprint density at radius 1 is 1.00 bits per heavy atom. The Hall–Kier alpha value is -4.47. The highest BCUT2D eigenvalue weighted by Crippen LogP contribution is 2.34. The molecule has 0 unspecified atom stereocenters. The smallest absolute Gasteiger partial charge is 0.407 e. The van der Waals surface area contributed by atoms with E-state index in [1.165, 1.54) is 4.90 Å². The predicted octanol–water partition coefficient (Wildman–Crippen LogP) is 5.18. The minimum absolute atomic E-state index is 0.0875. The van der Waals surface area contributed by atoms with Gasteiger partial charge >= 0.3 is 12.1 Å². The van der Waals surface area contributed by atoms with Crippen LogP contribution in [0, 0.1) is 5.41 Å². The fraction of sp³-hybridized carbons (Fsp3) is 0.406. The number of rotatable bonds is 2. The van der Waals surface area contributed by atoms with Crippen LogP contribution in [0.25, 0.3) is 28.6 Å². The molecule has 1 fully saturated rings. The van der Waals surface area contributed by atoms with Crippen LogP contribution in [0.15, 0.2) is 60.7 Å². The van der Waals surface area contributed by atoms with Gasteiger partial charge < -0.3 is 20.1 Å². The van der Waals surface area contributed by atoms with E-state index in [0.29, 0.717) is 17.8 Å². The average Bonchev–Trinajstić information content (AvgIpc) is 3.60. The SMILES string of the molecule is CC(C)(C)[C@@H]1NC(=O)OCCCCC=Cc2cccc(c2)-c2nn(nc2-c2ccccc2)[C@@H]2C[C@@H](C(=O)O)N(C2)C1=O. The second kappa shape index (κ2) is 12.2. The lowest BCUT2D eigenvalue weighted by atomic mass is 9.85. The zero-order valence-electron chi connectivity index (χ0n) is 24.2. The number of cyclic esters (lactones) is 1. The van der Waals surface area contributed by atoms with E-state index in [1.807, 2.05) is 69.3 Å². The molecular formula is C32H37N5O5. The molecular weight excluding hydrogens is 534 g/mol. The summed E-state index contributed by atoms with van der Waals surface area (Å²) in [7, 11) is 0. The predicted molar refractivity (Wildman–Crippen MR) is 158 cm³/mol. The summed E-state index contributed by atoms with van der Waals surface area (Å²) in [5, 5.41) is 22.6. The van der Waals surface area contributed by atoms with Gasteiger partial charge in [-0.2, -0.15) is 15.0 Å². The number of carbonyl (C=O) groups excluding carboxylic acids is 2. The molecule has 10 nitrogen and oxygen atoms in total. The van der Waals surface area contributed by atoms with Gasteiger partial charge in [-0.3, -0.25) is 4.79 Å². The van der Waals surface area contributed by atoms with E-state index < -0.39 is 41.5 Å². The van der Waals surface area contributed by atoms with Gasteiger partial charge in [0, 0.05) is 24.1 Å². The van der Waals surface area contributed by atoms with Gasteiger partial charge in [0.1, 0.15) is 23.5 Å². The number of carbonyl (C=O) groups is 3. The standard InChI is InChI=1S/C32H37N5O5/c1-32(2,3)28-29(38)36-20-24(19-25(36)30(39)40)37-34-26(22-14-8-6-9-15-22)27(35-37)23-16-11-13-21(18-23)12-7-4-5-10-17-42-31(41)33-28/h6-9,11-16,18,24-25,28H,4-5,10,17,19-20H2,1-3H3,(H,33,41)(H,39,40)/t24-,25+,28-/m1/s1. The minimum atomic E-state index is -1.12. The first-order valence-electron chi connectivity index (χ1n) is 14.4. The molecule has 1 saturated heterocycles. The Morgan fingerprint density at radius 2 is 1.71 bits per heavy atom. The summed E-state index contributed by atoms with van der Waals surface area (Å²) in [5.41, 5.74) is 3.45. The second-order valence-corrected chi connectivity index (χ2v) is 11.9. The number of amides is 2. The number of carboxylic acids is 1. The number of benzene rings is 2. The first-order chi connectivity index (χ1) is 20.1. The molecule has 220 valence electrons. The number of fused-ring (bicyclic) bond motifs is 8. The summed E-state index contributed by atoms with van der Waals surface area (Å²) in [6, 6.07) is 15.2. The molecule has 0 spiro atoms. The molecule has 2 amide bonds. The van der Waals surface area contributed by atoms with E-state index in [1.54, 1.807) is 4.80 Å². The van der Waals surface area contributed by atoms with Crippen LogP contribution in [-0.4, -0.2) is 68.2 Å². The number of alkyl carbamates (subject to hydrolysis) is 1. The largest absolute Gasteiger partial charge is 0.480 e. The third-order valence-corrected chi connectivity index (χ3v) is 7.69. The van der Waals surface area contributed by atoms with Crippen LogP contribution >= 0.6 is 0 Å². The van der Waals surface area contributed by atoms with Crippen molar-refractivity contribution in [1.82, 2.24) is 25.2 Å². The van der Waals surface area contributed by atoms with Crippen molar-refractivity contribution in [3.8, 4) is 22.5 Å². The van der Waals surface area contributed by atoms with Gasteiger partial charge in [0.25, 0.3) is 0 Å². The number of nitrogens with zero attached hydrogens (tertiary/aromatic N) is 4. The maximum absolute atomic E-state index is 13.9. The van der Waals surface area contributed by atoms with E-state index in [0.717, 1.165) is 29.5 Å². The molecule has 2 aliphatic heterocycles. The van der Waals surface area contributed by atoms with Crippen molar-refractivity contribution < 1.29 is 24.2 Å². The molecule has 6 bridgehead atoms. The van der Waals surface area contributed by atoms with Crippen molar-refractivity contribution in [2.45, 2.75) is 64.6 Å². The molecule has 5 rings (SSSR count). The first-order valence-corrected chi connectivity index (χ1v) is 14.4. The highest BCUT2D eigenvalue weighted by Gasteiger charge is 2.46.